The molecule has 20 heavy (non-hydrogen) atoms. The van der Waals surface area contributed by atoms with Gasteiger partial charge in [-0.15, -0.1) is 0 Å². The van der Waals surface area contributed by atoms with Gasteiger partial charge in [0.1, 0.15) is 0 Å². The molecule has 0 aliphatic rings. The number of hydrogen-bond donors (Lipinski definition) is 2. The molecule has 1 aromatic carbocycles. The summed E-state index contributed by atoms with van der Waals surface area (Å²) in [6, 6.07) is 6.20. The van der Waals surface area contributed by atoms with Gasteiger partial charge < -0.3 is 5.32 Å². The van der Waals surface area contributed by atoms with E-state index in [0.717, 1.165) is 5.56 Å². The molecule has 0 bridgehead atoms. The number of nitrogens with one attached hydrogen (secondary N) is 2. The number of benzene rings is 1. The Kier molecular flexibility index (Phi) is 4.19. The van der Waals surface area contributed by atoms with E-state index in [9.17, 15) is 13.2 Å². The highest BCUT2D eigenvalue weighted by molar-refractivity contribution is 7.91. The van der Waals surface area contributed by atoms with Gasteiger partial charge >= 0.3 is 0 Å². The van der Waals surface area contributed by atoms with E-state index in [1.165, 1.54) is 12.1 Å². The number of sulfone groups is 1. The number of rotatable bonds is 5. The van der Waals surface area contributed by atoms with Crippen LogP contribution in [0.5, 0.6) is 0 Å². The molecule has 0 saturated heterocycles. The third kappa shape index (κ3) is 3.05. The van der Waals surface area contributed by atoms with Crippen LogP contribution in [0.4, 0.5) is 0 Å². The van der Waals surface area contributed by atoms with Gasteiger partial charge in [0.2, 0.25) is 0 Å². The van der Waals surface area contributed by atoms with Gasteiger partial charge in [0.15, 0.2) is 9.84 Å². The normalized spacial score (nSPS) is 11.2. The summed E-state index contributed by atoms with van der Waals surface area (Å²) < 4.78 is 23.9. The van der Waals surface area contributed by atoms with Crippen LogP contribution in [0.2, 0.25) is 0 Å². The summed E-state index contributed by atoms with van der Waals surface area (Å²) >= 11 is 0. The average molecular weight is 293 g/mol. The number of aromatic nitrogens is 2. The van der Waals surface area contributed by atoms with Gasteiger partial charge in [0, 0.05) is 18.3 Å². The fraction of sp³-hybridized carbons (Fsp3) is 0.231. The summed E-state index contributed by atoms with van der Waals surface area (Å²) in [5.74, 6) is -0.460. The second-order valence-corrected chi connectivity index (χ2v) is 6.44. The van der Waals surface area contributed by atoms with E-state index >= 15 is 0 Å². The predicted octanol–water partition coefficient (Wildman–Crippen LogP) is 1.13. The third-order valence-corrected chi connectivity index (χ3v) is 4.64. The highest BCUT2D eigenvalue weighted by atomic mass is 32.2. The maximum Gasteiger partial charge on any atom is 0.252 e. The van der Waals surface area contributed by atoms with Gasteiger partial charge in [-0.3, -0.25) is 9.89 Å². The van der Waals surface area contributed by atoms with Crippen LogP contribution in [-0.4, -0.2) is 30.3 Å². The Hall–Kier alpha value is -2.15. The van der Waals surface area contributed by atoms with Crippen LogP contribution >= 0.6 is 0 Å². The molecule has 2 rings (SSSR count). The van der Waals surface area contributed by atoms with Crippen LogP contribution < -0.4 is 5.32 Å². The quantitative estimate of drug-likeness (QED) is 0.864. The van der Waals surface area contributed by atoms with E-state index in [0.29, 0.717) is 0 Å². The molecule has 1 amide bonds. The molecular weight excluding hydrogens is 278 g/mol. The predicted molar refractivity (Wildman–Crippen MR) is 73.9 cm³/mol. The van der Waals surface area contributed by atoms with Crippen molar-refractivity contribution >= 4 is 15.7 Å². The highest BCUT2D eigenvalue weighted by Crippen LogP contribution is 2.17. The SMILES string of the molecule is CCS(=O)(=O)c1ccccc1C(=O)NCc1cn[nH]c1. The molecule has 0 aliphatic carbocycles. The monoisotopic (exact) mass is 293 g/mol. The summed E-state index contributed by atoms with van der Waals surface area (Å²) in [5, 5.41) is 9.09. The summed E-state index contributed by atoms with van der Waals surface area (Å²) in [5.41, 5.74) is 0.979. The molecule has 0 spiro atoms. The van der Waals surface area contributed by atoms with Crippen LogP contribution in [0.1, 0.15) is 22.8 Å². The lowest BCUT2D eigenvalue weighted by atomic mass is 10.2. The Bertz CT molecular complexity index is 693. The van der Waals surface area contributed by atoms with Crippen molar-refractivity contribution < 1.29 is 13.2 Å². The van der Waals surface area contributed by atoms with Crippen LogP contribution in [0.25, 0.3) is 0 Å². The minimum atomic E-state index is -3.43. The van der Waals surface area contributed by atoms with Crippen molar-refractivity contribution in [1.29, 1.82) is 0 Å². The molecule has 0 saturated carbocycles. The Labute approximate surface area is 117 Å². The molecule has 2 aromatic rings. The molecule has 2 N–H and O–H groups in total. The molecule has 0 radical (unpaired) electrons. The standard InChI is InChI=1S/C13H15N3O3S/c1-2-20(18,19)12-6-4-3-5-11(12)13(17)14-7-10-8-15-16-9-10/h3-6,8-9H,2,7H2,1H3,(H,14,17)(H,15,16). The van der Waals surface area contributed by atoms with Crippen molar-refractivity contribution in [3.63, 3.8) is 0 Å². The number of hydrogen-bond acceptors (Lipinski definition) is 4. The molecule has 0 aliphatic heterocycles. The van der Waals surface area contributed by atoms with Crippen LogP contribution in [0.15, 0.2) is 41.6 Å². The zero-order valence-electron chi connectivity index (χ0n) is 11.0. The lowest BCUT2D eigenvalue weighted by molar-refractivity contribution is 0.0947. The minimum Gasteiger partial charge on any atom is -0.348 e. The smallest absolute Gasteiger partial charge is 0.252 e. The summed E-state index contributed by atoms with van der Waals surface area (Å²) in [7, 11) is -3.43. The van der Waals surface area contributed by atoms with E-state index in [2.05, 4.69) is 15.5 Å². The van der Waals surface area contributed by atoms with Crippen molar-refractivity contribution in [2.24, 2.45) is 0 Å². The van der Waals surface area contributed by atoms with E-state index in [1.807, 2.05) is 0 Å². The molecule has 0 unspecified atom stereocenters. The average Bonchev–Trinajstić information content (AvgIpc) is 2.98. The van der Waals surface area contributed by atoms with E-state index in [1.54, 1.807) is 31.5 Å². The van der Waals surface area contributed by atoms with Crippen LogP contribution in [0, 0.1) is 0 Å². The number of carbonyl (C=O) groups excluding carboxylic acids is 1. The van der Waals surface area contributed by atoms with E-state index in [-0.39, 0.29) is 22.8 Å². The van der Waals surface area contributed by atoms with Crippen molar-refractivity contribution in [2.75, 3.05) is 5.75 Å². The van der Waals surface area contributed by atoms with Crippen LogP contribution in [0.3, 0.4) is 0 Å². The van der Waals surface area contributed by atoms with Crippen molar-refractivity contribution in [3.05, 3.63) is 47.8 Å². The maximum absolute atomic E-state index is 12.1. The number of aromatic amines is 1. The molecular formula is C13H15N3O3S. The Morgan fingerprint density at radius 1 is 1.35 bits per heavy atom. The van der Waals surface area contributed by atoms with Crippen molar-refractivity contribution in [2.45, 2.75) is 18.4 Å². The summed E-state index contributed by atoms with van der Waals surface area (Å²) in [6.45, 7) is 1.84. The number of nitrogens with zero attached hydrogens (tertiary/aromatic N) is 1. The van der Waals surface area contributed by atoms with E-state index in [4.69, 9.17) is 0 Å². The molecule has 0 atom stereocenters. The van der Waals surface area contributed by atoms with Gasteiger partial charge in [-0.05, 0) is 12.1 Å². The lowest BCUT2D eigenvalue weighted by Crippen LogP contribution is -2.24. The second-order valence-electron chi connectivity index (χ2n) is 4.19. The Morgan fingerprint density at radius 3 is 2.75 bits per heavy atom. The molecule has 7 heteroatoms. The van der Waals surface area contributed by atoms with Gasteiger partial charge in [-0.25, -0.2) is 8.42 Å². The Balaban J connectivity index is 2.22. The fourth-order valence-corrected chi connectivity index (χ4v) is 2.83. The summed E-state index contributed by atoms with van der Waals surface area (Å²) in [6.07, 6.45) is 3.25. The molecule has 0 fully saturated rings. The number of amides is 1. The van der Waals surface area contributed by atoms with Gasteiger partial charge in [-0.2, -0.15) is 5.10 Å². The third-order valence-electron chi connectivity index (χ3n) is 2.85. The molecule has 1 heterocycles. The zero-order chi connectivity index (χ0) is 14.6. The highest BCUT2D eigenvalue weighted by Gasteiger charge is 2.20. The number of carbonyl (C=O) groups is 1. The first-order valence-electron chi connectivity index (χ1n) is 6.12. The topological polar surface area (TPSA) is 91.9 Å². The van der Waals surface area contributed by atoms with Gasteiger partial charge in [0.25, 0.3) is 5.91 Å². The first-order chi connectivity index (χ1) is 9.54. The molecule has 1 aromatic heterocycles. The zero-order valence-corrected chi connectivity index (χ0v) is 11.8. The Morgan fingerprint density at radius 2 is 2.10 bits per heavy atom. The largest absolute Gasteiger partial charge is 0.348 e. The first kappa shape index (κ1) is 14.3. The lowest BCUT2D eigenvalue weighted by Gasteiger charge is -2.09. The molecule has 6 nitrogen and oxygen atoms in total. The van der Waals surface area contributed by atoms with Crippen molar-refractivity contribution in [3.8, 4) is 0 Å². The first-order valence-corrected chi connectivity index (χ1v) is 7.77. The van der Waals surface area contributed by atoms with E-state index < -0.39 is 15.7 Å². The van der Waals surface area contributed by atoms with Crippen LogP contribution in [-0.2, 0) is 16.4 Å². The molecule has 106 valence electrons. The van der Waals surface area contributed by atoms with Gasteiger partial charge in [0.05, 0.1) is 22.4 Å². The number of H-pyrrole nitrogens is 1. The second kappa shape index (κ2) is 5.87. The summed E-state index contributed by atoms with van der Waals surface area (Å²) in [4.78, 5) is 12.2. The fourth-order valence-electron chi connectivity index (χ4n) is 1.73. The van der Waals surface area contributed by atoms with Gasteiger partial charge in [-0.1, -0.05) is 19.1 Å². The van der Waals surface area contributed by atoms with Crippen molar-refractivity contribution in [1.82, 2.24) is 15.5 Å². The maximum atomic E-state index is 12.1. The minimum absolute atomic E-state index is 0.0426.